The maximum Gasteiger partial charge on any atom is 0.159 e. The molecule has 0 amide bonds. The number of pyridine rings is 1. The molecule has 6 heteroatoms. The van der Waals surface area contributed by atoms with E-state index in [4.69, 9.17) is 4.98 Å². The number of halogens is 2. The van der Waals surface area contributed by atoms with Gasteiger partial charge in [0, 0.05) is 50.0 Å². The number of hydrogen-bond acceptors (Lipinski definition) is 2. The van der Waals surface area contributed by atoms with Crippen molar-refractivity contribution in [1.29, 1.82) is 0 Å². The number of imidazole rings is 1. The monoisotopic (exact) mass is 572 g/mol. The quantitative estimate of drug-likeness (QED) is 0.188. The summed E-state index contributed by atoms with van der Waals surface area (Å²) in [5.41, 5.74) is 5.64. The first kappa shape index (κ1) is 21.6. The summed E-state index contributed by atoms with van der Waals surface area (Å²) in [4.78, 5) is 9.46. The van der Waals surface area contributed by atoms with Crippen LogP contribution in [-0.4, -0.2) is 19.1 Å². The molecule has 0 spiro atoms. The number of para-hydroxylation sites is 2. The first-order valence-corrected chi connectivity index (χ1v) is 13.0. The molecule has 6 rings (SSSR count). The molecule has 3 aromatic carbocycles. The summed E-state index contributed by atoms with van der Waals surface area (Å²) in [7, 11) is 0. The highest BCUT2D eigenvalue weighted by atomic mass is 79.9. The van der Waals surface area contributed by atoms with E-state index < -0.39 is 0 Å². The Labute approximate surface area is 214 Å². The van der Waals surface area contributed by atoms with E-state index in [1.54, 1.807) is 0 Å². The van der Waals surface area contributed by atoms with Crippen molar-refractivity contribution >= 4 is 64.7 Å². The molecular formula is C28H22Br2N4. The van der Waals surface area contributed by atoms with Crippen LogP contribution in [0.15, 0.2) is 94.0 Å². The molecule has 0 saturated carbocycles. The van der Waals surface area contributed by atoms with Crippen molar-refractivity contribution in [3.8, 4) is 11.5 Å². The summed E-state index contributed by atoms with van der Waals surface area (Å²) in [6.45, 7) is 1.87. The second kappa shape index (κ2) is 9.01. The molecule has 0 radical (unpaired) electrons. The minimum absolute atomic E-state index is 0.903. The molecule has 0 aliphatic carbocycles. The molecule has 34 heavy (non-hydrogen) atoms. The van der Waals surface area contributed by atoms with Crippen molar-refractivity contribution in [2.24, 2.45) is 0 Å². The number of unbranched alkanes of at least 4 members (excludes halogenated alkanes) is 1. The van der Waals surface area contributed by atoms with Crippen LogP contribution in [0.5, 0.6) is 0 Å². The number of aryl methyl sites for hydroxylation is 2. The van der Waals surface area contributed by atoms with Gasteiger partial charge in [0.1, 0.15) is 5.69 Å². The predicted octanol–water partition coefficient (Wildman–Crippen LogP) is 8.21. The van der Waals surface area contributed by atoms with Gasteiger partial charge in [0.15, 0.2) is 5.82 Å². The molecule has 0 bridgehead atoms. The Morgan fingerprint density at radius 2 is 1.29 bits per heavy atom. The molecule has 0 aliphatic heterocycles. The summed E-state index contributed by atoms with van der Waals surface area (Å²) >= 11 is 7.29. The van der Waals surface area contributed by atoms with Gasteiger partial charge in [-0.2, -0.15) is 0 Å². The van der Waals surface area contributed by atoms with E-state index in [1.165, 1.54) is 21.8 Å². The van der Waals surface area contributed by atoms with Crippen LogP contribution in [0.2, 0.25) is 0 Å². The maximum atomic E-state index is 4.90. The lowest BCUT2D eigenvalue weighted by Gasteiger charge is -2.11. The van der Waals surface area contributed by atoms with Crippen LogP contribution >= 0.6 is 31.9 Å². The Balaban J connectivity index is 1.29. The van der Waals surface area contributed by atoms with Crippen molar-refractivity contribution in [3.05, 3.63) is 94.0 Å². The fraction of sp³-hybridized carbons (Fsp3) is 0.143. The number of hydrogen-bond donors (Lipinski definition) is 0. The lowest BCUT2D eigenvalue weighted by molar-refractivity contribution is 0.576. The number of fused-ring (bicyclic) bond motifs is 4. The average Bonchev–Trinajstić information content (AvgIpc) is 3.37. The van der Waals surface area contributed by atoms with E-state index in [0.717, 1.165) is 57.4 Å². The Morgan fingerprint density at radius 1 is 0.647 bits per heavy atom. The van der Waals surface area contributed by atoms with Crippen LogP contribution in [0.3, 0.4) is 0 Å². The highest BCUT2D eigenvalue weighted by Crippen LogP contribution is 2.33. The molecule has 3 aromatic heterocycles. The van der Waals surface area contributed by atoms with E-state index in [-0.39, 0.29) is 0 Å². The minimum Gasteiger partial charge on any atom is -0.340 e. The summed E-state index contributed by atoms with van der Waals surface area (Å²) in [5, 5.41) is 2.56. The van der Waals surface area contributed by atoms with Gasteiger partial charge in [0.25, 0.3) is 0 Å². The zero-order chi connectivity index (χ0) is 23.1. The van der Waals surface area contributed by atoms with Gasteiger partial charge < -0.3 is 9.13 Å². The summed E-state index contributed by atoms with van der Waals surface area (Å²) in [6, 6.07) is 27.5. The van der Waals surface area contributed by atoms with Crippen molar-refractivity contribution in [3.63, 3.8) is 0 Å². The molecule has 4 nitrogen and oxygen atoms in total. The second-order valence-corrected chi connectivity index (χ2v) is 10.3. The molecule has 168 valence electrons. The number of benzene rings is 3. The van der Waals surface area contributed by atoms with Gasteiger partial charge in [-0.05, 0) is 73.5 Å². The highest BCUT2D eigenvalue weighted by molar-refractivity contribution is 9.10. The molecule has 0 saturated heterocycles. The van der Waals surface area contributed by atoms with Crippen LogP contribution in [0.1, 0.15) is 12.8 Å². The maximum absolute atomic E-state index is 4.90. The lowest BCUT2D eigenvalue weighted by Crippen LogP contribution is -2.04. The predicted molar refractivity (Wildman–Crippen MR) is 147 cm³/mol. The van der Waals surface area contributed by atoms with E-state index in [0.29, 0.717) is 0 Å². The van der Waals surface area contributed by atoms with Crippen LogP contribution in [0, 0.1) is 0 Å². The number of nitrogens with zero attached hydrogens (tertiary/aromatic N) is 4. The average molecular weight is 574 g/mol. The first-order chi connectivity index (χ1) is 16.7. The molecule has 0 unspecified atom stereocenters. The standard InChI is InChI=1S/C28H22Br2N4/c29-19-10-12-25-21(17-19)22-18-20(30)11-13-26(22)33(25)15-5-6-16-34-27-9-2-1-7-23(27)32-28(34)24-8-3-4-14-31-24/h1-4,7-14,17-18H,5-6,15-16H2. The van der Waals surface area contributed by atoms with Crippen LogP contribution < -0.4 is 0 Å². The smallest absolute Gasteiger partial charge is 0.159 e. The van der Waals surface area contributed by atoms with Crippen molar-refractivity contribution < 1.29 is 0 Å². The molecule has 3 heterocycles. The summed E-state index contributed by atoms with van der Waals surface area (Å²) in [6.07, 6.45) is 3.95. The SMILES string of the molecule is Brc1ccc2c(c1)c1cc(Br)ccc1n2CCCCn1c(-c2ccccn2)nc2ccccc21. The van der Waals surface area contributed by atoms with Gasteiger partial charge in [-0.3, -0.25) is 4.98 Å². The number of rotatable bonds is 6. The summed E-state index contributed by atoms with van der Waals surface area (Å²) in [5.74, 6) is 0.938. The normalized spacial score (nSPS) is 11.7. The first-order valence-electron chi connectivity index (χ1n) is 11.4. The van der Waals surface area contributed by atoms with Crippen LogP contribution in [-0.2, 0) is 13.1 Å². The van der Waals surface area contributed by atoms with Gasteiger partial charge in [-0.15, -0.1) is 0 Å². The van der Waals surface area contributed by atoms with E-state index >= 15 is 0 Å². The molecule has 0 atom stereocenters. The molecule has 0 fully saturated rings. The summed E-state index contributed by atoms with van der Waals surface area (Å²) < 4.78 is 6.98. The van der Waals surface area contributed by atoms with Gasteiger partial charge in [-0.1, -0.05) is 50.1 Å². The van der Waals surface area contributed by atoms with Crippen molar-refractivity contribution in [2.45, 2.75) is 25.9 Å². The molecule has 0 aliphatic rings. The Bertz CT molecular complexity index is 1570. The van der Waals surface area contributed by atoms with E-state index in [9.17, 15) is 0 Å². The van der Waals surface area contributed by atoms with Crippen molar-refractivity contribution in [1.82, 2.24) is 19.1 Å². The minimum atomic E-state index is 0.903. The third-order valence-corrected chi connectivity index (χ3v) is 7.34. The van der Waals surface area contributed by atoms with Crippen molar-refractivity contribution in [2.75, 3.05) is 0 Å². The fourth-order valence-electron chi connectivity index (χ4n) is 4.82. The molecular weight excluding hydrogens is 552 g/mol. The third-order valence-electron chi connectivity index (χ3n) is 6.35. The van der Waals surface area contributed by atoms with Gasteiger partial charge in [0.2, 0.25) is 0 Å². The van der Waals surface area contributed by atoms with E-state index in [1.807, 2.05) is 30.5 Å². The number of aromatic nitrogens is 4. The van der Waals surface area contributed by atoms with Crippen LogP contribution in [0.25, 0.3) is 44.4 Å². The zero-order valence-electron chi connectivity index (χ0n) is 18.5. The van der Waals surface area contributed by atoms with E-state index in [2.05, 4.69) is 101 Å². The third kappa shape index (κ3) is 3.85. The molecule has 6 aromatic rings. The van der Waals surface area contributed by atoms with Gasteiger partial charge in [0.05, 0.1) is 11.0 Å². The van der Waals surface area contributed by atoms with Gasteiger partial charge >= 0.3 is 0 Å². The lowest BCUT2D eigenvalue weighted by atomic mass is 10.2. The molecule has 0 N–H and O–H groups in total. The largest absolute Gasteiger partial charge is 0.340 e. The van der Waals surface area contributed by atoms with Gasteiger partial charge in [-0.25, -0.2) is 4.98 Å². The van der Waals surface area contributed by atoms with Crippen LogP contribution in [0.4, 0.5) is 0 Å². The topological polar surface area (TPSA) is 35.6 Å². The Kier molecular flexibility index (Phi) is 5.71. The highest BCUT2D eigenvalue weighted by Gasteiger charge is 2.14. The fourth-order valence-corrected chi connectivity index (χ4v) is 5.54. The zero-order valence-corrected chi connectivity index (χ0v) is 21.6. The second-order valence-electron chi connectivity index (χ2n) is 8.47. The Hall–Kier alpha value is -2.96. The Morgan fingerprint density at radius 3 is 1.97 bits per heavy atom.